The molecule has 1 aromatic heterocycles. The van der Waals surface area contributed by atoms with Gasteiger partial charge in [0.2, 0.25) is 5.91 Å². The highest BCUT2D eigenvalue weighted by molar-refractivity contribution is 6.04. The van der Waals surface area contributed by atoms with Crippen molar-refractivity contribution in [3.63, 3.8) is 0 Å². The zero-order valence-corrected chi connectivity index (χ0v) is 25.5. The van der Waals surface area contributed by atoms with Gasteiger partial charge in [0.1, 0.15) is 24.1 Å². The van der Waals surface area contributed by atoms with Crippen molar-refractivity contribution >= 4 is 23.1 Å². The zero-order chi connectivity index (χ0) is 29.1. The summed E-state index contributed by atoms with van der Waals surface area (Å²) in [5, 5.41) is 3.12. The van der Waals surface area contributed by atoms with Crippen LogP contribution in [0.3, 0.4) is 0 Å². The number of unbranched alkanes of at least 4 members (excludes halogenated alkanes) is 1. The summed E-state index contributed by atoms with van der Waals surface area (Å²) in [6.07, 6.45) is 8.84. The van der Waals surface area contributed by atoms with E-state index in [4.69, 9.17) is 4.74 Å². The largest absolute Gasteiger partial charge is 0.492 e. The summed E-state index contributed by atoms with van der Waals surface area (Å²) < 4.78 is 6.24. The summed E-state index contributed by atoms with van der Waals surface area (Å²) in [7, 11) is 0. The fourth-order valence-corrected chi connectivity index (χ4v) is 7.02. The molecule has 3 aliphatic rings. The van der Waals surface area contributed by atoms with Gasteiger partial charge in [-0.25, -0.2) is 0 Å². The van der Waals surface area contributed by atoms with Crippen molar-refractivity contribution in [3.8, 4) is 5.75 Å². The van der Waals surface area contributed by atoms with E-state index in [9.17, 15) is 9.59 Å². The predicted octanol–water partition coefficient (Wildman–Crippen LogP) is 6.05. The molecule has 1 fully saturated rings. The van der Waals surface area contributed by atoms with Gasteiger partial charge in [-0.3, -0.25) is 14.5 Å². The average Bonchev–Trinajstić information content (AvgIpc) is 3.52. The number of anilines is 1. The van der Waals surface area contributed by atoms with Crippen LogP contribution in [0.1, 0.15) is 98.6 Å². The Kier molecular flexibility index (Phi) is 8.93. The predicted molar refractivity (Wildman–Crippen MR) is 166 cm³/mol. The Morgan fingerprint density at radius 3 is 2.68 bits per heavy atom. The van der Waals surface area contributed by atoms with Crippen LogP contribution in [0.5, 0.6) is 5.75 Å². The van der Waals surface area contributed by atoms with Crippen LogP contribution >= 0.6 is 0 Å². The third-order valence-electron chi connectivity index (χ3n) is 9.07. The summed E-state index contributed by atoms with van der Waals surface area (Å²) in [5.41, 5.74) is 6.82. The van der Waals surface area contributed by atoms with Crippen LogP contribution in [0.4, 0.5) is 5.69 Å². The topological polar surface area (TPSA) is 77.7 Å². The number of hydrogen-bond acceptors (Lipinski definition) is 4. The van der Waals surface area contributed by atoms with Gasteiger partial charge >= 0.3 is 0 Å². The monoisotopic (exact) mass is 560 g/mol. The first-order valence-corrected chi connectivity index (χ1v) is 15.7. The van der Waals surface area contributed by atoms with Crippen LogP contribution in [-0.4, -0.2) is 60.5 Å². The van der Waals surface area contributed by atoms with E-state index in [-0.39, 0.29) is 17.2 Å². The summed E-state index contributed by atoms with van der Waals surface area (Å²) in [4.78, 5) is 35.3. The lowest BCUT2D eigenvalue weighted by atomic mass is 9.74. The molecule has 222 valence electrons. The third kappa shape index (κ3) is 6.40. The summed E-state index contributed by atoms with van der Waals surface area (Å²) in [6.45, 7) is 17.4. The van der Waals surface area contributed by atoms with Crippen LogP contribution in [0.15, 0.2) is 24.8 Å². The zero-order valence-electron chi connectivity index (χ0n) is 25.5. The molecule has 1 aromatic carbocycles. The highest BCUT2D eigenvalue weighted by atomic mass is 16.5. The molecular formula is C34H48N4O3. The smallest absolute Gasteiger partial charge is 0.268 e. The minimum atomic E-state index is -0.587. The number of carbonyl (C=O) groups is 2. The van der Waals surface area contributed by atoms with Crippen LogP contribution in [0, 0.1) is 12.3 Å². The lowest BCUT2D eigenvalue weighted by Gasteiger charge is -2.31. The molecule has 1 atom stereocenters. The summed E-state index contributed by atoms with van der Waals surface area (Å²) >= 11 is 0. The molecule has 2 aliphatic heterocycles. The SMILES string of the molecule is C=C1CC(C)(C)Cc2[nH]c(C(=O)N[C@@H](CCCC)C(=O)N3CCc4c(OCCN5CCCCC5)cccc43)c(C)c21. The van der Waals surface area contributed by atoms with Gasteiger partial charge in [-0.2, -0.15) is 0 Å². The molecule has 0 bridgehead atoms. The highest BCUT2D eigenvalue weighted by Crippen LogP contribution is 2.42. The van der Waals surface area contributed by atoms with E-state index in [0.29, 0.717) is 25.3 Å². The minimum absolute atomic E-state index is 0.0458. The van der Waals surface area contributed by atoms with Gasteiger partial charge in [0.05, 0.1) is 5.69 Å². The van der Waals surface area contributed by atoms with E-state index in [1.165, 1.54) is 19.3 Å². The Bertz CT molecular complexity index is 1290. The number of benzene rings is 1. The number of hydrogen-bond donors (Lipinski definition) is 2. The van der Waals surface area contributed by atoms with Gasteiger partial charge in [-0.05, 0) is 87.2 Å². The van der Waals surface area contributed by atoms with E-state index in [2.05, 4.69) is 42.6 Å². The number of piperidine rings is 1. The van der Waals surface area contributed by atoms with Gasteiger partial charge < -0.3 is 19.9 Å². The molecule has 2 amide bonds. The van der Waals surface area contributed by atoms with Crippen molar-refractivity contribution in [2.45, 2.75) is 91.5 Å². The van der Waals surface area contributed by atoms with E-state index in [0.717, 1.165) is 91.1 Å². The van der Waals surface area contributed by atoms with E-state index >= 15 is 0 Å². The van der Waals surface area contributed by atoms with Gasteiger partial charge in [0.15, 0.2) is 0 Å². The van der Waals surface area contributed by atoms with Gasteiger partial charge in [0, 0.05) is 29.9 Å². The van der Waals surface area contributed by atoms with Crippen molar-refractivity contribution in [1.82, 2.24) is 15.2 Å². The number of amides is 2. The number of nitrogens with one attached hydrogen (secondary N) is 2. The molecule has 7 heteroatoms. The van der Waals surface area contributed by atoms with E-state index < -0.39 is 6.04 Å². The second kappa shape index (κ2) is 12.4. The first-order chi connectivity index (χ1) is 19.7. The Hall–Kier alpha value is -3.06. The number of aromatic nitrogens is 1. The molecule has 2 N–H and O–H groups in total. The Morgan fingerprint density at radius 2 is 1.93 bits per heavy atom. The second-order valence-corrected chi connectivity index (χ2v) is 13.0. The molecule has 0 unspecified atom stereocenters. The van der Waals surface area contributed by atoms with Crippen LogP contribution < -0.4 is 15.0 Å². The molecule has 7 nitrogen and oxygen atoms in total. The van der Waals surface area contributed by atoms with Gasteiger partial charge in [-0.15, -0.1) is 0 Å². The summed E-state index contributed by atoms with van der Waals surface area (Å²) in [5.74, 6) is 0.612. The maximum absolute atomic E-state index is 14.0. The van der Waals surface area contributed by atoms with Crippen LogP contribution in [-0.2, 0) is 17.6 Å². The number of H-pyrrole nitrogens is 1. The number of carbonyl (C=O) groups excluding carboxylic acids is 2. The first-order valence-electron chi connectivity index (χ1n) is 15.7. The van der Waals surface area contributed by atoms with Crippen molar-refractivity contribution in [3.05, 3.63) is 52.9 Å². The average molecular weight is 561 g/mol. The lowest BCUT2D eigenvalue weighted by molar-refractivity contribution is -0.120. The lowest BCUT2D eigenvalue weighted by Crippen LogP contribution is -2.48. The number of ether oxygens (including phenoxy) is 1. The molecule has 41 heavy (non-hydrogen) atoms. The molecule has 0 spiro atoms. The molecule has 5 rings (SSSR count). The van der Waals surface area contributed by atoms with Crippen molar-refractivity contribution in [2.75, 3.05) is 37.7 Å². The number of aromatic amines is 1. The van der Waals surface area contributed by atoms with Crippen molar-refractivity contribution < 1.29 is 14.3 Å². The highest BCUT2D eigenvalue weighted by Gasteiger charge is 2.35. The fraction of sp³-hybridized carbons (Fsp3) is 0.588. The Labute approximate surface area is 245 Å². The van der Waals surface area contributed by atoms with Crippen LogP contribution in [0.2, 0.25) is 0 Å². The summed E-state index contributed by atoms with van der Waals surface area (Å²) in [6, 6.07) is 5.41. The quantitative estimate of drug-likeness (QED) is 0.371. The molecule has 2 aromatic rings. The van der Waals surface area contributed by atoms with Crippen molar-refractivity contribution in [2.24, 2.45) is 5.41 Å². The van der Waals surface area contributed by atoms with Crippen LogP contribution in [0.25, 0.3) is 5.57 Å². The maximum atomic E-state index is 14.0. The Morgan fingerprint density at radius 1 is 1.15 bits per heavy atom. The normalized spacial score (nSPS) is 19.0. The number of allylic oxidation sites excluding steroid dienone is 1. The molecule has 0 radical (unpaired) electrons. The van der Waals surface area contributed by atoms with Crippen molar-refractivity contribution in [1.29, 1.82) is 0 Å². The van der Waals surface area contributed by atoms with E-state index in [1.807, 2.05) is 30.0 Å². The first kappa shape index (κ1) is 29.4. The number of fused-ring (bicyclic) bond motifs is 2. The molecule has 1 aliphatic carbocycles. The second-order valence-electron chi connectivity index (χ2n) is 13.0. The molecule has 1 saturated heterocycles. The number of nitrogens with zero attached hydrogens (tertiary/aromatic N) is 2. The fourth-order valence-electron chi connectivity index (χ4n) is 7.02. The third-order valence-corrected chi connectivity index (χ3v) is 9.07. The number of rotatable bonds is 10. The molecule has 0 saturated carbocycles. The standard InChI is InChI=1S/C34H48N4O3/c1-6-7-12-26(36-32(39)31-24(3)30-23(2)21-34(4,5)22-27(30)35-31)33(40)38-18-15-25-28(38)13-11-14-29(25)41-20-19-37-16-9-8-10-17-37/h11,13-14,26,35H,2,6-10,12,15-22H2,1,3-5H3,(H,36,39)/t26-/m0/s1. The Balaban J connectivity index is 1.29. The molecular weight excluding hydrogens is 512 g/mol. The van der Waals surface area contributed by atoms with Gasteiger partial charge in [-0.1, -0.05) is 52.7 Å². The maximum Gasteiger partial charge on any atom is 0.268 e. The minimum Gasteiger partial charge on any atom is -0.492 e. The number of likely N-dealkylation sites (tertiary alicyclic amines) is 1. The molecule has 3 heterocycles. The van der Waals surface area contributed by atoms with Gasteiger partial charge in [0.25, 0.3) is 5.91 Å². The van der Waals surface area contributed by atoms with E-state index in [1.54, 1.807) is 0 Å².